The van der Waals surface area contributed by atoms with E-state index in [1.807, 2.05) is 29.2 Å². The van der Waals surface area contributed by atoms with Crippen LogP contribution in [0.25, 0.3) is 0 Å². The van der Waals surface area contributed by atoms with E-state index in [2.05, 4.69) is 0 Å². The lowest BCUT2D eigenvalue weighted by Crippen LogP contribution is -2.35. The van der Waals surface area contributed by atoms with Gasteiger partial charge in [0.15, 0.2) is 0 Å². The van der Waals surface area contributed by atoms with Crippen LogP contribution < -0.4 is 0 Å². The first kappa shape index (κ1) is 16.7. The summed E-state index contributed by atoms with van der Waals surface area (Å²) in [6.07, 6.45) is 4.40. The van der Waals surface area contributed by atoms with Crippen molar-refractivity contribution in [2.45, 2.75) is 43.0 Å². The van der Waals surface area contributed by atoms with Gasteiger partial charge in [-0.25, -0.2) is 0 Å². The predicted molar refractivity (Wildman–Crippen MR) is 87.8 cm³/mol. The SMILES string of the molecule is O=C(CCSc1ccccc1Cl)N1CCCC1CCCO. The van der Waals surface area contributed by atoms with E-state index in [-0.39, 0.29) is 12.5 Å². The largest absolute Gasteiger partial charge is 0.396 e. The molecule has 1 aliphatic heterocycles. The maximum atomic E-state index is 12.3. The second kappa shape index (κ2) is 8.66. The van der Waals surface area contributed by atoms with Gasteiger partial charge in [-0.2, -0.15) is 0 Å². The molecule has 1 saturated heterocycles. The molecule has 2 rings (SSSR count). The predicted octanol–water partition coefficient (Wildman–Crippen LogP) is 3.59. The van der Waals surface area contributed by atoms with Crippen molar-refractivity contribution in [1.29, 1.82) is 0 Å². The number of aliphatic hydroxyl groups is 1. The third-order valence-electron chi connectivity index (χ3n) is 3.80. The maximum Gasteiger partial charge on any atom is 0.223 e. The molecule has 1 heterocycles. The van der Waals surface area contributed by atoms with Gasteiger partial charge in [0.25, 0.3) is 0 Å². The van der Waals surface area contributed by atoms with Crippen LogP contribution in [-0.2, 0) is 4.79 Å². The van der Waals surface area contributed by atoms with Crippen LogP contribution in [0, 0.1) is 0 Å². The molecular formula is C16H22ClNO2S. The quantitative estimate of drug-likeness (QED) is 0.778. The van der Waals surface area contributed by atoms with Crippen molar-refractivity contribution in [2.24, 2.45) is 0 Å². The Balaban J connectivity index is 1.77. The molecule has 3 nitrogen and oxygen atoms in total. The number of carbonyl (C=O) groups excluding carboxylic acids is 1. The fraction of sp³-hybridized carbons (Fsp3) is 0.562. The summed E-state index contributed by atoms with van der Waals surface area (Å²) in [5.41, 5.74) is 0. The highest BCUT2D eigenvalue weighted by molar-refractivity contribution is 7.99. The summed E-state index contributed by atoms with van der Waals surface area (Å²) in [6, 6.07) is 8.05. The Morgan fingerprint density at radius 1 is 1.43 bits per heavy atom. The van der Waals surface area contributed by atoms with Crippen LogP contribution in [0.4, 0.5) is 0 Å². The maximum absolute atomic E-state index is 12.3. The van der Waals surface area contributed by atoms with Crippen molar-refractivity contribution in [2.75, 3.05) is 18.9 Å². The van der Waals surface area contributed by atoms with Gasteiger partial charge in [0, 0.05) is 36.3 Å². The average Bonchev–Trinajstić information content (AvgIpc) is 2.95. The van der Waals surface area contributed by atoms with Crippen LogP contribution in [0.2, 0.25) is 5.02 Å². The van der Waals surface area contributed by atoms with E-state index < -0.39 is 0 Å². The van der Waals surface area contributed by atoms with Gasteiger partial charge in [0.1, 0.15) is 0 Å². The second-order valence-electron chi connectivity index (χ2n) is 5.28. The molecule has 0 bridgehead atoms. The van der Waals surface area contributed by atoms with Gasteiger partial charge in [-0.3, -0.25) is 4.79 Å². The summed E-state index contributed by atoms with van der Waals surface area (Å²) in [5.74, 6) is 0.987. The van der Waals surface area contributed by atoms with E-state index in [1.165, 1.54) is 0 Å². The number of nitrogens with zero attached hydrogens (tertiary/aromatic N) is 1. The van der Waals surface area contributed by atoms with E-state index in [1.54, 1.807) is 11.8 Å². The average molecular weight is 328 g/mol. The molecule has 1 aliphatic rings. The lowest BCUT2D eigenvalue weighted by molar-refractivity contribution is -0.131. The van der Waals surface area contributed by atoms with Crippen molar-refractivity contribution in [3.8, 4) is 0 Å². The molecule has 0 aromatic heterocycles. The summed E-state index contributed by atoms with van der Waals surface area (Å²) in [6.45, 7) is 1.08. The van der Waals surface area contributed by atoms with Crippen LogP contribution in [0.15, 0.2) is 29.2 Å². The second-order valence-corrected chi connectivity index (χ2v) is 6.82. The van der Waals surface area contributed by atoms with Gasteiger partial charge < -0.3 is 10.0 Å². The van der Waals surface area contributed by atoms with Crippen LogP contribution in [0.3, 0.4) is 0 Å². The number of hydrogen-bond acceptors (Lipinski definition) is 3. The van der Waals surface area contributed by atoms with Crippen LogP contribution in [-0.4, -0.2) is 40.9 Å². The summed E-state index contributed by atoms with van der Waals surface area (Å²) in [7, 11) is 0. The van der Waals surface area contributed by atoms with E-state index in [9.17, 15) is 4.79 Å². The van der Waals surface area contributed by atoms with Gasteiger partial charge in [0.2, 0.25) is 5.91 Å². The molecule has 0 saturated carbocycles. The number of aliphatic hydroxyl groups excluding tert-OH is 1. The Morgan fingerprint density at radius 2 is 2.24 bits per heavy atom. The molecule has 21 heavy (non-hydrogen) atoms. The molecule has 1 N–H and O–H groups in total. The fourth-order valence-corrected chi connectivity index (χ4v) is 3.92. The van der Waals surface area contributed by atoms with Crippen LogP contribution >= 0.6 is 23.4 Å². The van der Waals surface area contributed by atoms with E-state index >= 15 is 0 Å². The number of carbonyl (C=O) groups is 1. The first-order chi connectivity index (χ1) is 10.2. The minimum absolute atomic E-state index is 0.209. The lowest BCUT2D eigenvalue weighted by atomic mass is 10.1. The van der Waals surface area contributed by atoms with Crippen molar-refractivity contribution in [3.05, 3.63) is 29.3 Å². The Bertz CT molecular complexity index is 469. The van der Waals surface area contributed by atoms with E-state index in [0.29, 0.717) is 12.5 Å². The van der Waals surface area contributed by atoms with Crippen molar-refractivity contribution < 1.29 is 9.90 Å². The number of amides is 1. The summed E-state index contributed by atoms with van der Waals surface area (Å²) < 4.78 is 0. The topological polar surface area (TPSA) is 40.5 Å². The molecule has 0 spiro atoms. The summed E-state index contributed by atoms with van der Waals surface area (Å²) >= 11 is 7.74. The first-order valence-corrected chi connectivity index (χ1v) is 8.86. The van der Waals surface area contributed by atoms with E-state index in [4.69, 9.17) is 16.7 Å². The van der Waals surface area contributed by atoms with Crippen LogP contribution in [0.5, 0.6) is 0 Å². The smallest absolute Gasteiger partial charge is 0.223 e. The van der Waals surface area contributed by atoms with Crippen molar-refractivity contribution in [1.82, 2.24) is 4.90 Å². The van der Waals surface area contributed by atoms with Crippen LogP contribution in [0.1, 0.15) is 32.1 Å². The highest BCUT2D eigenvalue weighted by atomic mass is 35.5. The Labute approximate surface area is 135 Å². The number of hydrogen-bond donors (Lipinski definition) is 1. The zero-order valence-corrected chi connectivity index (χ0v) is 13.7. The van der Waals surface area contributed by atoms with Crippen molar-refractivity contribution >= 4 is 29.3 Å². The molecule has 0 aliphatic carbocycles. The highest BCUT2D eigenvalue weighted by Gasteiger charge is 2.27. The zero-order valence-electron chi connectivity index (χ0n) is 12.1. The molecular weight excluding hydrogens is 306 g/mol. The monoisotopic (exact) mass is 327 g/mol. The van der Waals surface area contributed by atoms with E-state index in [0.717, 1.165) is 47.9 Å². The molecule has 1 unspecified atom stereocenters. The Hall–Kier alpha value is -0.710. The fourth-order valence-electron chi connectivity index (χ4n) is 2.74. The Kier molecular flexibility index (Phi) is 6.87. The number of likely N-dealkylation sites (tertiary alicyclic amines) is 1. The summed E-state index contributed by atoms with van der Waals surface area (Å²) in [5, 5.41) is 9.67. The molecule has 0 radical (unpaired) electrons. The molecule has 1 atom stereocenters. The minimum atomic E-state index is 0.209. The standard InChI is InChI=1S/C16H22ClNO2S/c17-14-7-1-2-8-15(14)21-12-9-16(20)18-10-3-5-13(18)6-4-11-19/h1-2,7-8,13,19H,3-6,9-12H2. The Morgan fingerprint density at radius 3 is 3.00 bits per heavy atom. The van der Waals surface area contributed by atoms with Gasteiger partial charge in [0.05, 0.1) is 5.02 Å². The zero-order chi connectivity index (χ0) is 15.1. The first-order valence-electron chi connectivity index (χ1n) is 7.50. The minimum Gasteiger partial charge on any atom is -0.396 e. The summed E-state index contributed by atoms with van der Waals surface area (Å²) in [4.78, 5) is 15.3. The highest BCUT2D eigenvalue weighted by Crippen LogP contribution is 2.28. The molecule has 1 amide bonds. The third-order valence-corrected chi connectivity index (χ3v) is 5.32. The molecule has 1 aromatic carbocycles. The lowest BCUT2D eigenvalue weighted by Gasteiger charge is -2.24. The van der Waals surface area contributed by atoms with Gasteiger partial charge in [-0.15, -0.1) is 11.8 Å². The normalized spacial score (nSPS) is 18.2. The van der Waals surface area contributed by atoms with Gasteiger partial charge in [-0.1, -0.05) is 23.7 Å². The number of benzene rings is 1. The van der Waals surface area contributed by atoms with Gasteiger partial charge >= 0.3 is 0 Å². The number of thioether (sulfide) groups is 1. The molecule has 1 aromatic rings. The third kappa shape index (κ3) is 4.90. The number of rotatable bonds is 7. The van der Waals surface area contributed by atoms with Crippen molar-refractivity contribution in [3.63, 3.8) is 0 Å². The van der Waals surface area contributed by atoms with Gasteiger partial charge in [-0.05, 0) is 37.8 Å². The molecule has 1 fully saturated rings. The molecule has 5 heteroatoms. The number of halogens is 1. The molecule has 116 valence electrons.